The van der Waals surface area contributed by atoms with Gasteiger partial charge in [0, 0.05) is 35.5 Å². The van der Waals surface area contributed by atoms with Gasteiger partial charge in [-0.05, 0) is 30.9 Å². The highest BCUT2D eigenvalue weighted by atomic mass is 15.2. The maximum atomic E-state index is 6.64. The van der Waals surface area contributed by atoms with Crippen LogP contribution in [-0.4, -0.2) is 22.3 Å². The molecule has 2 heterocycles. The van der Waals surface area contributed by atoms with Crippen LogP contribution < -0.4 is 11.5 Å². The van der Waals surface area contributed by atoms with Crippen molar-refractivity contribution in [1.29, 1.82) is 0 Å². The molecular weight excluding hydrogens is 370 g/mol. The van der Waals surface area contributed by atoms with Crippen molar-refractivity contribution in [3.63, 3.8) is 0 Å². The number of rotatable bonds is 4. The SMILES string of the molecule is NC1=NC=CN(CC2CCC2)/C1=C(\N)c1ccc2ccc(-c3ccccc3)nc2c1. The van der Waals surface area contributed by atoms with Crippen LogP contribution in [0.1, 0.15) is 24.8 Å². The summed E-state index contributed by atoms with van der Waals surface area (Å²) in [7, 11) is 0. The number of aromatic nitrogens is 1. The minimum atomic E-state index is 0.459. The van der Waals surface area contributed by atoms with Crippen LogP contribution in [0.2, 0.25) is 0 Å². The fraction of sp³-hybridized carbons (Fsp3) is 0.200. The second-order valence-corrected chi connectivity index (χ2v) is 7.99. The Morgan fingerprint density at radius 1 is 1.03 bits per heavy atom. The number of hydrogen-bond donors (Lipinski definition) is 2. The van der Waals surface area contributed by atoms with Gasteiger partial charge in [-0.1, -0.05) is 55.0 Å². The Kier molecular flexibility index (Phi) is 4.71. The molecule has 3 aromatic rings. The zero-order valence-electron chi connectivity index (χ0n) is 16.8. The predicted molar refractivity (Wildman–Crippen MR) is 123 cm³/mol. The van der Waals surface area contributed by atoms with Gasteiger partial charge in [0.1, 0.15) is 11.5 Å². The molecule has 5 nitrogen and oxygen atoms in total. The van der Waals surface area contributed by atoms with Gasteiger partial charge in [-0.2, -0.15) is 0 Å². The first-order valence-electron chi connectivity index (χ1n) is 10.4. The van der Waals surface area contributed by atoms with Gasteiger partial charge in [0.2, 0.25) is 0 Å². The lowest BCUT2D eigenvalue weighted by Gasteiger charge is -2.34. The standard InChI is InChI=1S/C25H25N5/c26-23(24-25(27)28-13-14-30(24)16-17-5-4-6-17)20-10-9-19-11-12-21(29-22(19)15-20)18-7-2-1-3-8-18/h1-3,7-15,17H,4-6,16,26H2,(H2,27,28)/b24-23-. The molecule has 150 valence electrons. The Balaban J connectivity index is 1.55. The van der Waals surface area contributed by atoms with Gasteiger partial charge >= 0.3 is 0 Å². The van der Waals surface area contributed by atoms with Crippen LogP contribution in [0.25, 0.3) is 27.9 Å². The monoisotopic (exact) mass is 395 g/mol. The van der Waals surface area contributed by atoms with Crippen molar-refractivity contribution in [3.8, 4) is 11.3 Å². The third-order valence-electron chi connectivity index (χ3n) is 6.00. The lowest BCUT2D eigenvalue weighted by molar-refractivity contribution is 0.253. The molecule has 0 radical (unpaired) electrons. The highest BCUT2D eigenvalue weighted by molar-refractivity contribution is 6.04. The fourth-order valence-electron chi connectivity index (χ4n) is 4.07. The van der Waals surface area contributed by atoms with Crippen LogP contribution in [0.4, 0.5) is 0 Å². The molecule has 0 saturated heterocycles. The number of nitrogens with two attached hydrogens (primary N) is 2. The third-order valence-corrected chi connectivity index (χ3v) is 6.00. The number of pyridine rings is 1. The Hall–Kier alpha value is -3.60. The molecule has 0 unspecified atom stereocenters. The first-order chi connectivity index (χ1) is 14.7. The summed E-state index contributed by atoms with van der Waals surface area (Å²) in [5.74, 6) is 1.15. The Morgan fingerprint density at radius 2 is 1.83 bits per heavy atom. The molecule has 0 amide bonds. The lowest BCUT2D eigenvalue weighted by atomic mass is 9.85. The summed E-state index contributed by atoms with van der Waals surface area (Å²) >= 11 is 0. The molecule has 5 rings (SSSR count). The predicted octanol–water partition coefficient (Wildman–Crippen LogP) is 4.47. The zero-order chi connectivity index (χ0) is 20.5. The number of amidine groups is 1. The number of nitrogens with zero attached hydrogens (tertiary/aromatic N) is 3. The van der Waals surface area contributed by atoms with Gasteiger partial charge in [0.05, 0.1) is 16.9 Å². The molecule has 1 aromatic heterocycles. The molecule has 2 aromatic carbocycles. The van der Waals surface area contributed by atoms with Gasteiger partial charge in [-0.25, -0.2) is 9.98 Å². The molecule has 1 saturated carbocycles. The van der Waals surface area contributed by atoms with Crippen molar-refractivity contribution in [3.05, 3.63) is 84.3 Å². The van der Waals surface area contributed by atoms with Crippen molar-refractivity contribution in [2.24, 2.45) is 22.4 Å². The summed E-state index contributed by atoms with van der Waals surface area (Å²) in [5.41, 5.74) is 18.2. The summed E-state index contributed by atoms with van der Waals surface area (Å²) in [5, 5.41) is 1.08. The molecule has 2 aliphatic rings. The van der Waals surface area contributed by atoms with E-state index in [-0.39, 0.29) is 0 Å². The van der Waals surface area contributed by atoms with Crippen molar-refractivity contribution in [1.82, 2.24) is 9.88 Å². The van der Waals surface area contributed by atoms with Gasteiger partial charge < -0.3 is 16.4 Å². The van der Waals surface area contributed by atoms with E-state index in [2.05, 4.69) is 40.2 Å². The van der Waals surface area contributed by atoms with E-state index >= 15 is 0 Å². The summed E-state index contributed by atoms with van der Waals surface area (Å²) in [4.78, 5) is 11.3. The number of benzene rings is 2. The maximum absolute atomic E-state index is 6.64. The minimum Gasteiger partial charge on any atom is -0.396 e. The number of hydrogen-bond acceptors (Lipinski definition) is 5. The molecule has 1 aliphatic carbocycles. The first-order valence-corrected chi connectivity index (χ1v) is 10.4. The molecule has 0 atom stereocenters. The quantitative estimate of drug-likeness (QED) is 0.683. The number of aliphatic imine (C=N–C) groups is 1. The number of fused-ring (bicyclic) bond motifs is 1. The van der Waals surface area contributed by atoms with Crippen LogP contribution in [0.3, 0.4) is 0 Å². The Labute approximate surface area is 176 Å². The zero-order valence-corrected chi connectivity index (χ0v) is 16.8. The summed E-state index contributed by atoms with van der Waals surface area (Å²) in [6.45, 7) is 0.923. The molecule has 4 N–H and O–H groups in total. The van der Waals surface area contributed by atoms with E-state index in [1.165, 1.54) is 19.3 Å². The normalized spacial score (nSPS) is 18.3. The first kappa shape index (κ1) is 18.4. The largest absolute Gasteiger partial charge is 0.396 e. The van der Waals surface area contributed by atoms with E-state index < -0.39 is 0 Å². The Bertz CT molecular complexity index is 1170. The van der Waals surface area contributed by atoms with Gasteiger partial charge in [-0.3, -0.25) is 0 Å². The summed E-state index contributed by atoms with van der Waals surface area (Å²) in [6.07, 6.45) is 7.55. The van der Waals surface area contributed by atoms with Crippen LogP contribution in [-0.2, 0) is 0 Å². The molecule has 0 spiro atoms. The third kappa shape index (κ3) is 3.43. The summed E-state index contributed by atoms with van der Waals surface area (Å²) in [6, 6.07) is 20.5. The van der Waals surface area contributed by atoms with Crippen molar-refractivity contribution >= 4 is 22.4 Å². The van der Waals surface area contributed by atoms with Crippen molar-refractivity contribution < 1.29 is 0 Å². The van der Waals surface area contributed by atoms with Crippen LogP contribution >= 0.6 is 0 Å². The second kappa shape index (κ2) is 7.67. The van der Waals surface area contributed by atoms with E-state index in [0.29, 0.717) is 17.5 Å². The lowest BCUT2D eigenvalue weighted by Crippen LogP contribution is -2.37. The van der Waals surface area contributed by atoms with Gasteiger partial charge in [0.15, 0.2) is 0 Å². The smallest absolute Gasteiger partial charge is 0.149 e. The van der Waals surface area contributed by atoms with E-state index in [4.69, 9.17) is 16.5 Å². The fourth-order valence-corrected chi connectivity index (χ4v) is 4.07. The second-order valence-electron chi connectivity index (χ2n) is 7.99. The highest BCUT2D eigenvalue weighted by Gasteiger charge is 2.25. The minimum absolute atomic E-state index is 0.459. The molecular formula is C25H25N5. The van der Waals surface area contributed by atoms with E-state index in [0.717, 1.165) is 40.0 Å². The van der Waals surface area contributed by atoms with E-state index in [1.807, 2.05) is 36.5 Å². The Morgan fingerprint density at radius 3 is 2.60 bits per heavy atom. The van der Waals surface area contributed by atoms with E-state index in [9.17, 15) is 0 Å². The van der Waals surface area contributed by atoms with Crippen LogP contribution in [0.5, 0.6) is 0 Å². The van der Waals surface area contributed by atoms with Crippen molar-refractivity contribution in [2.45, 2.75) is 19.3 Å². The van der Waals surface area contributed by atoms with E-state index in [1.54, 1.807) is 6.20 Å². The topological polar surface area (TPSA) is 80.5 Å². The average Bonchev–Trinajstić information content (AvgIpc) is 2.76. The maximum Gasteiger partial charge on any atom is 0.149 e. The average molecular weight is 396 g/mol. The molecule has 1 fully saturated rings. The van der Waals surface area contributed by atoms with Gasteiger partial charge in [-0.15, -0.1) is 0 Å². The van der Waals surface area contributed by atoms with Gasteiger partial charge in [0.25, 0.3) is 0 Å². The molecule has 5 heteroatoms. The summed E-state index contributed by atoms with van der Waals surface area (Å²) < 4.78 is 0. The molecule has 30 heavy (non-hydrogen) atoms. The van der Waals surface area contributed by atoms with Crippen LogP contribution in [0, 0.1) is 5.92 Å². The van der Waals surface area contributed by atoms with Crippen molar-refractivity contribution in [2.75, 3.05) is 6.54 Å². The molecule has 0 bridgehead atoms. The van der Waals surface area contributed by atoms with Crippen LogP contribution in [0.15, 0.2) is 83.8 Å². The highest BCUT2D eigenvalue weighted by Crippen LogP contribution is 2.31. The molecule has 1 aliphatic heterocycles.